The average molecular weight is 310 g/mol. The quantitative estimate of drug-likeness (QED) is 0.835. The summed E-state index contributed by atoms with van der Waals surface area (Å²) in [6, 6.07) is 0. The Balaban J connectivity index is 1.43. The Kier molecular flexibility index (Phi) is 5.22. The highest BCUT2D eigenvalue weighted by molar-refractivity contribution is 7.09. The number of nitrogens with zero attached hydrogens (tertiary/aromatic N) is 2. The Labute approximate surface area is 129 Å². The summed E-state index contributed by atoms with van der Waals surface area (Å²) in [5, 5.41) is 3.15. The molecule has 0 bridgehead atoms. The SMILES string of the molecule is O=C(COCC1CCCO1)N1CCCC(c2nccs2)C1. The minimum Gasteiger partial charge on any atom is -0.376 e. The lowest BCUT2D eigenvalue weighted by atomic mass is 9.99. The second-order valence-corrected chi connectivity index (χ2v) is 6.63. The van der Waals surface area contributed by atoms with Gasteiger partial charge in [0.15, 0.2) is 0 Å². The molecular formula is C15H22N2O3S. The highest BCUT2D eigenvalue weighted by Crippen LogP contribution is 2.28. The van der Waals surface area contributed by atoms with Gasteiger partial charge in [0.2, 0.25) is 5.91 Å². The molecule has 3 rings (SSSR count). The summed E-state index contributed by atoms with van der Waals surface area (Å²) in [5.74, 6) is 0.482. The molecule has 2 fully saturated rings. The van der Waals surface area contributed by atoms with E-state index >= 15 is 0 Å². The van der Waals surface area contributed by atoms with Crippen LogP contribution in [-0.2, 0) is 14.3 Å². The Morgan fingerprint density at radius 2 is 2.43 bits per heavy atom. The van der Waals surface area contributed by atoms with Crippen molar-refractivity contribution in [3.8, 4) is 0 Å². The Hall–Kier alpha value is -0.980. The lowest BCUT2D eigenvalue weighted by Crippen LogP contribution is -2.41. The van der Waals surface area contributed by atoms with Crippen LogP contribution in [0.2, 0.25) is 0 Å². The first-order chi connectivity index (χ1) is 10.3. The van der Waals surface area contributed by atoms with Gasteiger partial charge < -0.3 is 14.4 Å². The molecule has 1 aromatic rings. The summed E-state index contributed by atoms with van der Waals surface area (Å²) in [7, 11) is 0. The molecule has 6 heteroatoms. The normalized spacial score (nSPS) is 26.2. The maximum absolute atomic E-state index is 12.2. The van der Waals surface area contributed by atoms with Crippen LogP contribution in [-0.4, -0.2) is 54.8 Å². The summed E-state index contributed by atoms with van der Waals surface area (Å²) in [4.78, 5) is 18.5. The number of aromatic nitrogens is 1. The van der Waals surface area contributed by atoms with Crippen LogP contribution in [0.15, 0.2) is 11.6 Å². The number of amides is 1. The van der Waals surface area contributed by atoms with Crippen molar-refractivity contribution in [3.63, 3.8) is 0 Å². The second kappa shape index (κ2) is 7.33. The van der Waals surface area contributed by atoms with E-state index in [1.165, 1.54) is 0 Å². The highest BCUT2D eigenvalue weighted by atomic mass is 32.1. The molecule has 2 aliphatic rings. The molecule has 0 aliphatic carbocycles. The molecule has 5 nitrogen and oxygen atoms in total. The molecule has 1 aromatic heterocycles. The van der Waals surface area contributed by atoms with Gasteiger partial charge in [-0.1, -0.05) is 0 Å². The van der Waals surface area contributed by atoms with E-state index in [4.69, 9.17) is 9.47 Å². The van der Waals surface area contributed by atoms with Crippen LogP contribution in [0.3, 0.4) is 0 Å². The van der Waals surface area contributed by atoms with Crippen LogP contribution in [0, 0.1) is 0 Å². The van der Waals surface area contributed by atoms with Gasteiger partial charge in [-0.25, -0.2) is 4.98 Å². The van der Waals surface area contributed by atoms with Gasteiger partial charge in [0, 0.05) is 37.2 Å². The molecule has 1 amide bonds. The smallest absolute Gasteiger partial charge is 0.248 e. The van der Waals surface area contributed by atoms with Gasteiger partial charge in [-0.05, 0) is 25.7 Å². The molecule has 2 aliphatic heterocycles. The number of hydrogen-bond acceptors (Lipinski definition) is 5. The molecule has 2 saturated heterocycles. The zero-order chi connectivity index (χ0) is 14.5. The number of carbonyl (C=O) groups is 1. The number of piperidine rings is 1. The van der Waals surface area contributed by atoms with Gasteiger partial charge in [0.05, 0.1) is 17.7 Å². The summed E-state index contributed by atoms with van der Waals surface area (Å²) >= 11 is 1.68. The second-order valence-electron chi connectivity index (χ2n) is 5.70. The fourth-order valence-electron chi connectivity index (χ4n) is 2.99. The predicted molar refractivity (Wildman–Crippen MR) is 80.5 cm³/mol. The minimum atomic E-state index is 0.0919. The van der Waals surface area contributed by atoms with Crippen molar-refractivity contribution < 1.29 is 14.3 Å². The maximum Gasteiger partial charge on any atom is 0.248 e. The van der Waals surface area contributed by atoms with Gasteiger partial charge >= 0.3 is 0 Å². The van der Waals surface area contributed by atoms with E-state index in [0.717, 1.165) is 50.4 Å². The molecule has 3 heterocycles. The molecule has 2 atom stereocenters. The largest absolute Gasteiger partial charge is 0.376 e. The van der Waals surface area contributed by atoms with Gasteiger partial charge in [-0.15, -0.1) is 11.3 Å². The fraction of sp³-hybridized carbons (Fsp3) is 0.733. The predicted octanol–water partition coefficient (Wildman–Crippen LogP) is 2.04. The van der Waals surface area contributed by atoms with Crippen molar-refractivity contribution in [1.82, 2.24) is 9.88 Å². The van der Waals surface area contributed by atoms with E-state index in [9.17, 15) is 4.79 Å². The van der Waals surface area contributed by atoms with E-state index in [1.54, 1.807) is 11.3 Å². The van der Waals surface area contributed by atoms with Crippen LogP contribution >= 0.6 is 11.3 Å². The van der Waals surface area contributed by atoms with Crippen LogP contribution < -0.4 is 0 Å². The zero-order valence-electron chi connectivity index (χ0n) is 12.2. The first kappa shape index (κ1) is 14.9. The first-order valence-corrected chi connectivity index (χ1v) is 8.57. The number of rotatable bonds is 5. The van der Waals surface area contributed by atoms with Crippen molar-refractivity contribution in [3.05, 3.63) is 16.6 Å². The maximum atomic E-state index is 12.2. The summed E-state index contributed by atoms with van der Waals surface area (Å²) in [6.45, 7) is 3.14. The lowest BCUT2D eigenvalue weighted by Gasteiger charge is -2.31. The standard InChI is InChI=1S/C15H22N2O3S/c18-14(11-19-10-13-4-2-7-20-13)17-6-1-3-12(9-17)15-16-5-8-21-15/h5,8,12-13H,1-4,6-7,9-11H2. The number of thiazole rings is 1. The van der Waals surface area contributed by atoms with Gasteiger partial charge in [0.1, 0.15) is 6.61 Å². The van der Waals surface area contributed by atoms with E-state index in [2.05, 4.69) is 4.98 Å². The van der Waals surface area contributed by atoms with Crippen molar-refractivity contribution in [2.75, 3.05) is 32.9 Å². The molecule has 21 heavy (non-hydrogen) atoms. The van der Waals surface area contributed by atoms with Crippen LogP contribution in [0.4, 0.5) is 0 Å². The molecular weight excluding hydrogens is 288 g/mol. The van der Waals surface area contributed by atoms with Gasteiger partial charge in [-0.2, -0.15) is 0 Å². The van der Waals surface area contributed by atoms with E-state index in [0.29, 0.717) is 12.5 Å². The topological polar surface area (TPSA) is 51.7 Å². The molecule has 0 N–H and O–H groups in total. The Morgan fingerprint density at radius 1 is 1.48 bits per heavy atom. The average Bonchev–Trinajstić information content (AvgIpc) is 3.21. The summed E-state index contributed by atoms with van der Waals surface area (Å²) in [6.07, 6.45) is 6.33. The number of ether oxygens (including phenoxy) is 2. The van der Waals surface area contributed by atoms with Gasteiger partial charge in [-0.3, -0.25) is 4.79 Å². The number of carbonyl (C=O) groups excluding carboxylic acids is 1. The zero-order valence-corrected chi connectivity index (χ0v) is 13.0. The van der Waals surface area contributed by atoms with E-state index < -0.39 is 0 Å². The summed E-state index contributed by atoms with van der Waals surface area (Å²) in [5.41, 5.74) is 0. The van der Waals surface area contributed by atoms with Crippen LogP contribution in [0.1, 0.15) is 36.6 Å². The third-order valence-electron chi connectivity index (χ3n) is 4.13. The molecule has 116 valence electrons. The van der Waals surface area contributed by atoms with Crippen LogP contribution in [0.5, 0.6) is 0 Å². The van der Waals surface area contributed by atoms with E-state index in [1.807, 2.05) is 16.5 Å². The van der Waals surface area contributed by atoms with Crippen LogP contribution in [0.25, 0.3) is 0 Å². The van der Waals surface area contributed by atoms with Crippen molar-refractivity contribution in [1.29, 1.82) is 0 Å². The van der Waals surface area contributed by atoms with E-state index in [-0.39, 0.29) is 18.6 Å². The number of likely N-dealkylation sites (tertiary alicyclic amines) is 1. The molecule has 2 unspecified atom stereocenters. The number of hydrogen-bond donors (Lipinski definition) is 0. The highest BCUT2D eigenvalue weighted by Gasteiger charge is 2.26. The Morgan fingerprint density at radius 3 is 3.19 bits per heavy atom. The Bertz CT molecular complexity index is 446. The minimum absolute atomic E-state index is 0.0919. The fourth-order valence-corrected chi connectivity index (χ4v) is 3.75. The monoisotopic (exact) mass is 310 g/mol. The molecule has 0 radical (unpaired) electrons. The lowest BCUT2D eigenvalue weighted by molar-refractivity contribution is -0.138. The van der Waals surface area contributed by atoms with Crippen molar-refractivity contribution in [2.45, 2.75) is 37.7 Å². The summed E-state index contributed by atoms with van der Waals surface area (Å²) < 4.78 is 11.0. The molecule has 0 aromatic carbocycles. The third-order valence-corrected chi connectivity index (χ3v) is 5.07. The van der Waals surface area contributed by atoms with Crippen molar-refractivity contribution in [2.24, 2.45) is 0 Å². The van der Waals surface area contributed by atoms with Crippen molar-refractivity contribution >= 4 is 17.2 Å². The molecule has 0 saturated carbocycles. The first-order valence-electron chi connectivity index (χ1n) is 7.69. The molecule has 0 spiro atoms. The third kappa shape index (κ3) is 4.02. The van der Waals surface area contributed by atoms with Gasteiger partial charge in [0.25, 0.3) is 0 Å².